The van der Waals surface area contributed by atoms with Crippen molar-refractivity contribution in [1.29, 1.82) is 0 Å². The molecule has 0 aliphatic carbocycles. The van der Waals surface area contributed by atoms with Gasteiger partial charge in [-0.15, -0.1) is 0 Å². The third-order valence-corrected chi connectivity index (χ3v) is 4.25. The first-order valence-corrected chi connectivity index (χ1v) is 7.82. The number of aromatic nitrogens is 2. The Balaban J connectivity index is 1.59. The second kappa shape index (κ2) is 6.19. The van der Waals surface area contributed by atoms with Gasteiger partial charge in [-0.25, -0.2) is 0 Å². The second-order valence-corrected chi connectivity index (χ2v) is 5.78. The van der Waals surface area contributed by atoms with Gasteiger partial charge in [0, 0.05) is 19.3 Å². The molecule has 3 rings (SSSR count). The maximum Gasteiger partial charge on any atom is 0.272 e. The molecule has 0 spiro atoms. The Bertz CT molecular complexity index is 558. The number of piperidine rings is 1. The molecule has 0 radical (unpaired) electrons. The highest BCUT2D eigenvalue weighted by Crippen LogP contribution is 2.15. The fraction of sp³-hybridized carbons (Fsp3) is 0.429. The van der Waals surface area contributed by atoms with Gasteiger partial charge in [0.1, 0.15) is 5.69 Å². The molecule has 2 N–H and O–H groups in total. The predicted molar refractivity (Wildman–Crippen MR) is 78.9 cm³/mol. The number of hydrogen-bond acceptors (Lipinski definition) is 4. The first-order valence-electron chi connectivity index (χ1n) is 6.88. The average Bonchev–Trinajstić information content (AvgIpc) is 3.17. The summed E-state index contributed by atoms with van der Waals surface area (Å²) in [6.45, 7) is 2.56. The van der Waals surface area contributed by atoms with Crippen LogP contribution in [0.15, 0.2) is 29.1 Å². The lowest BCUT2D eigenvalue weighted by atomic mass is 10.1. The SMILES string of the molecule is O=C(NCc1ccsc1)c1ccn(C2CCCNC2)n1. The predicted octanol–water partition coefficient (Wildman–Crippen LogP) is 1.80. The highest BCUT2D eigenvalue weighted by Gasteiger charge is 2.17. The van der Waals surface area contributed by atoms with Gasteiger partial charge in [-0.05, 0) is 47.8 Å². The number of amides is 1. The van der Waals surface area contributed by atoms with E-state index >= 15 is 0 Å². The lowest BCUT2D eigenvalue weighted by molar-refractivity contribution is 0.0944. The molecule has 3 heterocycles. The number of carbonyl (C=O) groups is 1. The van der Waals surface area contributed by atoms with E-state index in [0.717, 1.165) is 31.5 Å². The van der Waals surface area contributed by atoms with Gasteiger partial charge in [-0.1, -0.05) is 0 Å². The van der Waals surface area contributed by atoms with E-state index in [0.29, 0.717) is 18.3 Å². The van der Waals surface area contributed by atoms with Crippen LogP contribution in [0.5, 0.6) is 0 Å². The molecule has 1 aliphatic heterocycles. The third-order valence-electron chi connectivity index (χ3n) is 3.52. The van der Waals surface area contributed by atoms with E-state index in [1.54, 1.807) is 17.4 Å². The van der Waals surface area contributed by atoms with Crippen LogP contribution in [0.3, 0.4) is 0 Å². The van der Waals surface area contributed by atoms with E-state index in [2.05, 4.69) is 15.7 Å². The summed E-state index contributed by atoms with van der Waals surface area (Å²) < 4.78 is 1.91. The molecule has 0 bridgehead atoms. The van der Waals surface area contributed by atoms with Crippen molar-refractivity contribution in [3.05, 3.63) is 40.3 Å². The maximum absolute atomic E-state index is 12.0. The van der Waals surface area contributed by atoms with Gasteiger partial charge in [-0.2, -0.15) is 16.4 Å². The van der Waals surface area contributed by atoms with E-state index in [9.17, 15) is 4.79 Å². The molecular formula is C14H18N4OS. The van der Waals surface area contributed by atoms with Crippen LogP contribution in [0, 0.1) is 0 Å². The van der Waals surface area contributed by atoms with E-state index in [4.69, 9.17) is 0 Å². The van der Waals surface area contributed by atoms with Crippen molar-refractivity contribution in [2.75, 3.05) is 13.1 Å². The molecule has 0 aromatic carbocycles. The Kier molecular flexibility index (Phi) is 4.13. The number of carbonyl (C=O) groups excluding carboxylic acids is 1. The summed E-state index contributed by atoms with van der Waals surface area (Å²) in [6, 6.07) is 4.16. The van der Waals surface area contributed by atoms with Gasteiger partial charge in [0.05, 0.1) is 6.04 Å². The van der Waals surface area contributed by atoms with Gasteiger partial charge in [0.15, 0.2) is 0 Å². The van der Waals surface area contributed by atoms with Gasteiger partial charge in [-0.3, -0.25) is 9.48 Å². The fourth-order valence-electron chi connectivity index (χ4n) is 2.39. The number of hydrogen-bond donors (Lipinski definition) is 2. The second-order valence-electron chi connectivity index (χ2n) is 5.00. The largest absolute Gasteiger partial charge is 0.347 e. The van der Waals surface area contributed by atoms with E-state index in [-0.39, 0.29) is 5.91 Å². The minimum Gasteiger partial charge on any atom is -0.347 e. The zero-order chi connectivity index (χ0) is 13.8. The average molecular weight is 290 g/mol. The number of thiophene rings is 1. The molecule has 106 valence electrons. The van der Waals surface area contributed by atoms with Crippen LogP contribution in [0.1, 0.15) is 34.9 Å². The van der Waals surface area contributed by atoms with E-state index in [1.165, 1.54) is 0 Å². The first kappa shape index (κ1) is 13.3. The van der Waals surface area contributed by atoms with Crippen molar-refractivity contribution in [3.8, 4) is 0 Å². The Morgan fingerprint density at radius 1 is 1.55 bits per heavy atom. The molecule has 1 amide bonds. The molecular weight excluding hydrogens is 272 g/mol. The van der Waals surface area contributed by atoms with Crippen molar-refractivity contribution in [3.63, 3.8) is 0 Å². The highest BCUT2D eigenvalue weighted by molar-refractivity contribution is 7.07. The summed E-state index contributed by atoms with van der Waals surface area (Å²) in [7, 11) is 0. The van der Waals surface area contributed by atoms with Crippen molar-refractivity contribution < 1.29 is 4.79 Å². The van der Waals surface area contributed by atoms with Crippen LogP contribution in [0.2, 0.25) is 0 Å². The normalized spacial score (nSPS) is 18.9. The standard InChI is InChI=1S/C14H18N4OS/c19-14(16-8-11-4-7-20-10-11)13-3-6-18(17-13)12-2-1-5-15-9-12/h3-4,6-7,10,12,15H,1-2,5,8-9H2,(H,16,19). The molecule has 0 saturated carbocycles. The van der Waals surface area contributed by atoms with Crippen LogP contribution in [0.4, 0.5) is 0 Å². The Labute approximate surface area is 122 Å². The summed E-state index contributed by atoms with van der Waals surface area (Å²) in [4.78, 5) is 12.0. The van der Waals surface area contributed by atoms with Crippen LogP contribution in [-0.2, 0) is 6.54 Å². The molecule has 1 atom stereocenters. The van der Waals surface area contributed by atoms with Crippen LogP contribution in [-0.4, -0.2) is 28.8 Å². The summed E-state index contributed by atoms with van der Waals surface area (Å²) in [6.07, 6.45) is 4.17. The van der Waals surface area contributed by atoms with Gasteiger partial charge in [0.2, 0.25) is 0 Å². The van der Waals surface area contributed by atoms with Crippen LogP contribution in [0.25, 0.3) is 0 Å². The Morgan fingerprint density at radius 2 is 2.50 bits per heavy atom. The van der Waals surface area contributed by atoms with Gasteiger partial charge >= 0.3 is 0 Å². The molecule has 2 aromatic rings. The lowest BCUT2D eigenvalue weighted by Gasteiger charge is -2.22. The molecule has 1 unspecified atom stereocenters. The minimum atomic E-state index is -0.112. The lowest BCUT2D eigenvalue weighted by Crippen LogP contribution is -2.32. The number of rotatable bonds is 4. The molecule has 1 saturated heterocycles. The molecule has 1 aliphatic rings. The van der Waals surface area contributed by atoms with E-state index < -0.39 is 0 Å². The van der Waals surface area contributed by atoms with Crippen molar-refractivity contribution >= 4 is 17.2 Å². The molecule has 5 nitrogen and oxygen atoms in total. The fourth-order valence-corrected chi connectivity index (χ4v) is 3.06. The third kappa shape index (κ3) is 3.08. The Morgan fingerprint density at radius 3 is 3.25 bits per heavy atom. The quantitative estimate of drug-likeness (QED) is 0.902. The summed E-state index contributed by atoms with van der Waals surface area (Å²) >= 11 is 1.63. The molecule has 2 aromatic heterocycles. The monoisotopic (exact) mass is 290 g/mol. The molecule has 6 heteroatoms. The zero-order valence-electron chi connectivity index (χ0n) is 11.2. The topological polar surface area (TPSA) is 59.0 Å². The molecule has 20 heavy (non-hydrogen) atoms. The summed E-state index contributed by atoms with van der Waals surface area (Å²) in [5.74, 6) is -0.112. The number of nitrogens with zero attached hydrogens (tertiary/aromatic N) is 2. The zero-order valence-corrected chi connectivity index (χ0v) is 12.0. The van der Waals surface area contributed by atoms with Crippen molar-refractivity contribution in [2.45, 2.75) is 25.4 Å². The maximum atomic E-state index is 12.0. The van der Waals surface area contributed by atoms with Crippen molar-refractivity contribution in [2.24, 2.45) is 0 Å². The van der Waals surface area contributed by atoms with Crippen molar-refractivity contribution in [1.82, 2.24) is 20.4 Å². The smallest absolute Gasteiger partial charge is 0.272 e. The van der Waals surface area contributed by atoms with Gasteiger partial charge in [0.25, 0.3) is 5.91 Å². The van der Waals surface area contributed by atoms with E-state index in [1.807, 2.05) is 27.7 Å². The molecule has 1 fully saturated rings. The summed E-state index contributed by atoms with van der Waals surface area (Å²) in [5, 5.41) is 14.7. The Hall–Kier alpha value is -1.66. The highest BCUT2D eigenvalue weighted by atomic mass is 32.1. The van der Waals surface area contributed by atoms with Crippen LogP contribution < -0.4 is 10.6 Å². The number of nitrogens with one attached hydrogen (secondary N) is 2. The van der Waals surface area contributed by atoms with Crippen LogP contribution >= 0.6 is 11.3 Å². The minimum absolute atomic E-state index is 0.112. The summed E-state index contributed by atoms with van der Waals surface area (Å²) in [5.41, 5.74) is 1.62. The van der Waals surface area contributed by atoms with Gasteiger partial charge < -0.3 is 10.6 Å². The first-order chi connectivity index (χ1) is 9.83.